The number of aromatic carboxylic acids is 1. The largest absolute Gasteiger partial charge is 0.497 e. The molecule has 1 aromatic heterocycles. The molecule has 7 nitrogen and oxygen atoms in total. The van der Waals surface area contributed by atoms with Crippen LogP contribution in [0.15, 0.2) is 134 Å². The lowest BCUT2D eigenvalue weighted by Crippen LogP contribution is -2.25. The maximum absolute atomic E-state index is 14.5. The van der Waals surface area contributed by atoms with Crippen molar-refractivity contribution in [3.63, 3.8) is 0 Å². The molecule has 0 spiro atoms. The second-order valence-electron chi connectivity index (χ2n) is 9.86. The van der Waals surface area contributed by atoms with E-state index in [-0.39, 0.29) is 11.5 Å². The molecule has 1 amide bonds. The maximum Gasteiger partial charge on any atom is 0.337 e. The molecule has 1 heterocycles. The number of benzene rings is 5. The van der Waals surface area contributed by atoms with Crippen molar-refractivity contribution >= 4 is 34.2 Å². The van der Waals surface area contributed by atoms with Crippen LogP contribution in [-0.4, -0.2) is 28.7 Å². The first-order valence-corrected chi connectivity index (χ1v) is 13.7. The van der Waals surface area contributed by atoms with E-state index in [1.165, 1.54) is 13.2 Å². The zero-order valence-electron chi connectivity index (χ0n) is 23.4. The van der Waals surface area contributed by atoms with E-state index < -0.39 is 5.97 Å². The molecule has 0 aliphatic carbocycles. The predicted molar refractivity (Wildman–Crippen MR) is 167 cm³/mol. The summed E-state index contributed by atoms with van der Waals surface area (Å²) in [5.74, 6) is -0.155. The Balaban J connectivity index is 1.42. The molecule has 0 bridgehead atoms. The molecule has 0 unspecified atom stereocenters. The number of carboxylic acid groups (broad SMARTS) is 1. The van der Waals surface area contributed by atoms with Gasteiger partial charge in [-0.25, -0.2) is 4.79 Å². The Kier molecular flexibility index (Phi) is 7.61. The number of fused-ring (bicyclic) bond motifs is 1. The smallest absolute Gasteiger partial charge is 0.337 e. The van der Waals surface area contributed by atoms with Crippen molar-refractivity contribution in [2.45, 2.75) is 6.61 Å². The third-order valence-electron chi connectivity index (χ3n) is 7.20. The van der Waals surface area contributed by atoms with E-state index in [0.717, 1.165) is 5.56 Å². The number of anilines is 2. The van der Waals surface area contributed by atoms with Gasteiger partial charge in [0.2, 0.25) is 0 Å². The number of amides is 1. The van der Waals surface area contributed by atoms with Crippen LogP contribution < -0.4 is 14.4 Å². The first-order chi connectivity index (χ1) is 21.0. The molecule has 0 saturated carbocycles. The van der Waals surface area contributed by atoms with E-state index in [2.05, 4.69) is 0 Å². The molecule has 0 aliphatic heterocycles. The van der Waals surface area contributed by atoms with Crippen molar-refractivity contribution < 1.29 is 24.2 Å². The third-order valence-corrected chi connectivity index (χ3v) is 7.20. The summed E-state index contributed by atoms with van der Waals surface area (Å²) in [6, 6.07) is 39.0. The van der Waals surface area contributed by atoms with Crippen LogP contribution in [0, 0.1) is 0 Å². The van der Waals surface area contributed by atoms with Gasteiger partial charge >= 0.3 is 5.97 Å². The third kappa shape index (κ3) is 5.56. The molecule has 0 radical (unpaired) electrons. The fourth-order valence-corrected chi connectivity index (χ4v) is 5.08. The number of carbonyl (C=O) groups is 2. The first kappa shape index (κ1) is 27.4. The Hall–Kier alpha value is -5.82. The van der Waals surface area contributed by atoms with Gasteiger partial charge in [-0.1, -0.05) is 66.7 Å². The molecule has 0 saturated heterocycles. The van der Waals surface area contributed by atoms with Gasteiger partial charge < -0.3 is 19.1 Å². The second-order valence-corrected chi connectivity index (χ2v) is 9.86. The quantitative estimate of drug-likeness (QED) is 0.192. The van der Waals surface area contributed by atoms with Gasteiger partial charge in [0, 0.05) is 29.0 Å². The SMILES string of the molecule is COc1ccc(C(=O)O)c(-n2cc(C(=O)N(c3ccccc3)c3ccc(OCc4ccccc4)cc3)c3ccccc32)c1. The molecule has 0 atom stereocenters. The van der Waals surface area contributed by atoms with Crippen molar-refractivity contribution in [1.82, 2.24) is 4.57 Å². The van der Waals surface area contributed by atoms with Crippen molar-refractivity contribution in [3.05, 3.63) is 150 Å². The molecule has 6 aromatic rings. The summed E-state index contributed by atoms with van der Waals surface area (Å²) in [7, 11) is 1.53. The van der Waals surface area contributed by atoms with Crippen LogP contribution in [0.3, 0.4) is 0 Å². The average Bonchev–Trinajstić information content (AvgIpc) is 3.45. The monoisotopic (exact) mass is 568 g/mol. The summed E-state index contributed by atoms with van der Waals surface area (Å²) < 4.78 is 13.1. The highest BCUT2D eigenvalue weighted by Crippen LogP contribution is 2.34. The fourth-order valence-electron chi connectivity index (χ4n) is 5.08. The maximum atomic E-state index is 14.5. The minimum Gasteiger partial charge on any atom is -0.497 e. The van der Waals surface area contributed by atoms with E-state index >= 15 is 0 Å². The molecule has 43 heavy (non-hydrogen) atoms. The standard InChI is InChI=1S/C36H28N2O5/c1-42-29-20-21-31(36(40)41)34(22-29)37-23-32(30-14-8-9-15-33(30)37)35(39)38(26-12-6-3-7-13-26)27-16-18-28(19-17-27)43-24-25-10-4-2-5-11-25/h2-23H,24H2,1H3,(H,40,41). The summed E-state index contributed by atoms with van der Waals surface area (Å²) in [6.45, 7) is 0.434. The van der Waals surface area contributed by atoms with Crippen LogP contribution in [0.4, 0.5) is 11.4 Å². The zero-order valence-corrected chi connectivity index (χ0v) is 23.4. The Morgan fingerprint density at radius 3 is 2.05 bits per heavy atom. The van der Waals surface area contributed by atoms with E-state index in [1.54, 1.807) is 27.8 Å². The van der Waals surface area contributed by atoms with Gasteiger partial charge in [-0.2, -0.15) is 0 Å². The molecule has 212 valence electrons. The molecule has 0 fully saturated rings. The number of aromatic nitrogens is 1. The first-order valence-electron chi connectivity index (χ1n) is 13.7. The molecular weight excluding hydrogens is 540 g/mol. The number of ether oxygens (including phenoxy) is 2. The minimum absolute atomic E-state index is 0.0894. The van der Waals surface area contributed by atoms with Gasteiger partial charge in [-0.3, -0.25) is 9.69 Å². The summed E-state index contributed by atoms with van der Waals surface area (Å²) in [4.78, 5) is 28.3. The van der Waals surface area contributed by atoms with Crippen molar-refractivity contribution in [1.29, 1.82) is 0 Å². The Bertz CT molecular complexity index is 1900. The predicted octanol–water partition coefficient (Wildman–Crippen LogP) is 7.89. The van der Waals surface area contributed by atoms with Gasteiger partial charge in [0.15, 0.2) is 0 Å². The summed E-state index contributed by atoms with van der Waals surface area (Å²) in [5.41, 5.74) is 4.01. The van der Waals surface area contributed by atoms with E-state index in [0.29, 0.717) is 51.6 Å². The molecule has 1 N–H and O–H groups in total. The average molecular weight is 569 g/mol. The van der Waals surface area contributed by atoms with E-state index in [1.807, 2.05) is 109 Å². The number of carboxylic acids is 1. The number of hydrogen-bond acceptors (Lipinski definition) is 4. The number of para-hydroxylation sites is 2. The lowest BCUT2D eigenvalue weighted by molar-refractivity contribution is 0.0696. The van der Waals surface area contributed by atoms with Crippen LogP contribution in [0.2, 0.25) is 0 Å². The Labute approximate surface area is 248 Å². The summed E-state index contributed by atoms with van der Waals surface area (Å²) in [5, 5.41) is 10.6. The van der Waals surface area contributed by atoms with Crippen LogP contribution in [0.5, 0.6) is 11.5 Å². The molecule has 6 rings (SSSR count). The van der Waals surface area contributed by atoms with Gasteiger partial charge in [0.25, 0.3) is 5.91 Å². The summed E-state index contributed by atoms with van der Waals surface area (Å²) >= 11 is 0. The number of rotatable bonds is 9. The van der Waals surface area contributed by atoms with Crippen molar-refractivity contribution in [3.8, 4) is 17.2 Å². The number of methoxy groups -OCH3 is 1. The number of hydrogen-bond donors (Lipinski definition) is 1. The topological polar surface area (TPSA) is 81.0 Å². The highest BCUT2D eigenvalue weighted by molar-refractivity contribution is 6.17. The van der Waals surface area contributed by atoms with Crippen LogP contribution in [-0.2, 0) is 6.61 Å². The Morgan fingerprint density at radius 2 is 1.35 bits per heavy atom. The summed E-state index contributed by atoms with van der Waals surface area (Å²) in [6.07, 6.45) is 1.70. The lowest BCUT2D eigenvalue weighted by Gasteiger charge is -2.23. The Morgan fingerprint density at radius 1 is 0.721 bits per heavy atom. The normalized spacial score (nSPS) is 10.8. The zero-order chi connectivity index (χ0) is 29.8. The van der Waals surface area contributed by atoms with Gasteiger partial charge in [-0.05, 0) is 60.2 Å². The fraction of sp³-hybridized carbons (Fsp3) is 0.0556. The van der Waals surface area contributed by atoms with Crippen molar-refractivity contribution in [2.75, 3.05) is 12.0 Å². The molecule has 7 heteroatoms. The van der Waals surface area contributed by atoms with Crippen LogP contribution >= 0.6 is 0 Å². The van der Waals surface area contributed by atoms with Gasteiger partial charge in [0.05, 0.1) is 29.4 Å². The second kappa shape index (κ2) is 12.0. The minimum atomic E-state index is -1.08. The highest BCUT2D eigenvalue weighted by atomic mass is 16.5. The van der Waals surface area contributed by atoms with E-state index in [9.17, 15) is 14.7 Å². The molecular formula is C36H28N2O5. The van der Waals surface area contributed by atoms with Gasteiger partial charge in [-0.15, -0.1) is 0 Å². The number of nitrogens with zero attached hydrogens (tertiary/aromatic N) is 2. The van der Waals surface area contributed by atoms with Crippen molar-refractivity contribution in [2.24, 2.45) is 0 Å². The van der Waals surface area contributed by atoms with Gasteiger partial charge in [0.1, 0.15) is 18.1 Å². The van der Waals surface area contributed by atoms with Crippen LogP contribution in [0.25, 0.3) is 16.6 Å². The molecule has 5 aromatic carbocycles. The number of carbonyl (C=O) groups excluding carboxylic acids is 1. The highest BCUT2D eigenvalue weighted by Gasteiger charge is 2.25. The van der Waals surface area contributed by atoms with E-state index in [4.69, 9.17) is 9.47 Å². The van der Waals surface area contributed by atoms with Crippen LogP contribution in [0.1, 0.15) is 26.3 Å². The lowest BCUT2D eigenvalue weighted by atomic mass is 10.1. The molecule has 0 aliphatic rings.